The monoisotopic (exact) mass is 401 g/mol. The van der Waals surface area contributed by atoms with Crippen LogP contribution in [0.25, 0.3) is 6.08 Å². The van der Waals surface area contributed by atoms with Gasteiger partial charge in [-0.25, -0.2) is 0 Å². The van der Waals surface area contributed by atoms with Crippen molar-refractivity contribution in [1.82, 2.24) is 3.80 Å². The Labute approximate surface area is 167 Å². The van der Waals surface area contributed by atoms with Gasteiger partial charge < -0.3 is 0 Å². The summed E-state index contributed by atoms with van der Waals surface area (Å²) in [5, 5.41) is 0. The van der Waals surface area contributed by atoms with Gasteiger partial charge in [0.1, 0.15) is 0 Å². The predicted molar refractivity (Wildman–Crippen MR) is 112 cm³/mol. The fourth-order valence-corrected chi connectivity index (χ4v) is 18.2. The molecule has 0 bridgehead atoms. The van der Waals surface area contributed by atoms with Crippen molar-refractivity contribution in [3.63, 3.8) is 0 Å². The van der Waals surface area contributed by atoms with Crippen LogP contribution in [-0.4, -0.2) is 12.2 Å². The van der Waals surface area contributed by atoms with Gasteiger partial charge in [-0.2, -0.15) is 0 Å². The molecule has 26 heavy (non-hydrogen) atoms. The molecule has 0 radical (unpaired) electrons. The fourth-order valence-electron chi connectivity index (χ4n) is 5.20. The molecule has 1 atom stereocenters. The Morgan fingerprint density at radius 2 is 1.73 bits per heavy atom. The molecule has 0 spiro atoms. The van der Waals surface area contributed by atoms with E-state index < -0.39 is 16.9 Å². The van der Waals surface area contributed by atoms with Gasteiger partial charge in [0.25, 0.3) is 0 Å². The summed E-state index contributed by atoms with van der Waals surface area (Å²) < 4.78 is 5.17. The maximum absolute atomic E-state index is 4.39. The molecule has 3 aliphatic carbocycles. The first-order valence-corrected chi connectivity index (χ1v) is 17.0. The van der Waals surface area contributed by atoms with Crippen LogP contribution in [0.2, 0.25) is 12.1 Å². The number of hydrogen-bond acceptors (Lipinski definition) is 1. The van der Waals surface area contributed by atoms with Gasteiger partial charge in [-0.3, -0.25) is 0 Å². The van der Waals surface area contributed by atoms with Crippen molar-refractivity contribution in [3.8, 4) is 0 Å². The molecule has 0 aromatic heterocycles. The third-order valence-electron chi connectivity index (χ3n) is 6.99. The zero-order chi connectivity index (χ0) is 18.3. The fraction of sp³-hybridized carbons (Fsp3) is 0.652. The minimum absolute atomic E-state index is 0.300. The van der Waals surface area contributed by atoms with Crippen molar-refractivity contribution in [1.29, 1.82) is 0 Å². The molecule has 1 fully saturated rings. The number of aryl methyl sites for hydroxylation is 2. The molecule has 1 saturated carbocycles. The molecular weight excluding hydrogens is 366 g/mol. The summed E-state index contributed by atoms with van der Waals surface area (Å²) in [5.41, 5.74) is 9.15. The molecule has 1 aromatic carbocycles. The molecule has 0 heterocycles. The Kier molecular flexibility index (Phi) is 5.95. The number of benzene rings is 1. The zero-order valence-corrected chi connectivity index (χ0v) is 19.7. The summed E-state index contributed by atoms with van der Waals surface area (Å²) in [4.78, 5) is 0. The molecule has 0 aliphatic heterocycles. The topological polar surface area (TPSA) is 12.0 Å². The molecule has 1 nitrogen and oxygen atoms in total. The van der Waals surface area contributed by atoms with Crippen LogP contribution in [0.5, 0.6) is 0 Å². The second kappa shape index (κ2) is 8.07. The molecule has 140 valence electrons. The third kappa shape index (κ3) is 3.72. The van der Waals surface area contributed by atoms with E-state index >= 15 is 0 Å². The van der Waals surface area contributed by atoms with Crippen molar-refractivity contribution in [2.24, 2.45) is 0 Å². The van der Waals surface area contributed by atoms with Crippen LogP contribution in [0.1, 0.15) is 85.8 Å². The second-order valence-corrected chi connectivity index (χ2v) is 20.2. The van der Waals surface area contributed by atoms with Crippen molar-refractivity contribution < 1.29 is 16.9 Å². The Morgan fingerprint density at radius 1 is 1.04 bits per heavy atom. The van der Waals surface area contributed by atoms with E-state index in [0.29, 0.717) is 0 Å². The first-order valence-electron chi connectivity index (χ1n) is 10.9. The van der Waals surface area contributed by atoms with Gasteiger partial charge in [0, 0.05) is 0 Å². The van der Waals surface area contributed by atoms with E-state index in [0.717, 1.165) is 15.8 Å². The van der Waals surface area contributed by atoms with Gasteiger partial charge in [-0.1, -0.05) is 0 Å². The molecular formula is C23H35NSiTi. The molecule has 3 aliphatic rings. The molecule has 1 N–H and O–H groups in total. The summed E-state index contributed by atoms with van der Waals surface area (Å²) >= 11 is -1.39. The Balaban J connectivity index is 1.72. The summed E-state index contributed by atoms with van der Waals surface area (Å²) in [5.74, 6) is 0. The minimum atomic E-state index is -1.39. The number of rotatable bonds is 4. The standard InChI is InChI=1S/C13H13.C6H12N.C4H10Si.Ti/c1-9-5-12-7-10-3-2-4-11(10)8-13(12)6-9;7-6-4-2-1-3-5-6;1-4(2)5-3;/h5-8H,2-4H2,1H3;6-7H,1-5H2;4H,1-3H3;/q;-1;;+1. The summed E-state index contributed by atoms with van der Waals surface area (Å²) in [6, 6.07) is 6.01. The van der Waals surface area contributed by atoms with E-state index in [1.54, 1.807) is 27.8 Å². The van der Waals surface area contributed by atoms with Gasteiger partial charge in [0.2, 0.25) is 0 Å². The van der Waals surface area contributed by atoms with E-state index in [1.165, 1.54) is 51.4 Å². The Hall–Kier alpha value is -0.149. The van der Waals surface area contributed by atoms with Crippen LogP contribution < -0.4 is 3.80 Å². The van der Waals surface area contributed by atoms with Gasteiger partial charge in [0.15, 0.2) is 0 Å². The maximum atomic E-state index is 4.39. The normalized spacial score (nSPS) is 23.7. The van der Waals surface area contributed by atoms with E-state index in [-0.39, 0.29) is 6.19 Å². The molecule has 0 saturated heterocycles. The Bertz CT molecular complexity index is 756. The van der Waals surface area contributed by atoms with Crippen LogP contribution in [0.15, 0.2) is 17.7 Å². The third-order valence-corrected chi connectivity index (χ3v) is 21.3. The second-order valence-electron chi connectivity index (χ2n) is 9.16. The van der Waals surface area contributed by atoms with Crippen molar-refractivity contribution >= 4 is 12.3 Å². The van der Waals surface area contributed by atoms with Gasteiger partial charge in [-0.15, -0.1) is 0 Å². The van der Waals surface area contributed by atoms with Crippen molar-refractivity contribution in [3.05, 3.63) is 40.0 Å². The molecule has 4 rings (SSSR count). The molecule has 1 aromatic rings. The number of allylic oxidation sites excluding steroid dienone is 1. The van der Waals surface area contributed by atoms with Crippen molar-refractivity contribution in [2.75, 3.05) is 0 Å². The van der Waals surface area contributed by atoms with Crippen LogP contribution in [0, 0.1) is 0 Å². The SMILES string of the molecule is CC1=Cc2cc3c(cc2[CH]1[Ti]([NH]C1CCCCC1)=[Si](C)C(C)C)CCC3. The van der Waals surface area contributed by atoms with Gasteiger partial charge in [-0.05, 0) is 0 Å². The molecule has 1 unspecified atom stereocenters. The Morgan fingerprint density at radius 3 is 2.42 bits per heavy atom. The van der Waals surface area contributed by atoms with Gasteiger partial charge in [0.05, 0.1) is 0 Å². The van der Waals surface area contributed by atoms with Crippen molar-refractivity contribution in [2.45, 2.75) is 94.5 Å². The summed E-state index contributed by atoms with van der Waals surface area (Å²) in [6.07, 6.45) is 13.4. The quantitative estimate of drug-likeness (QED) is 0.599. The summed E-state index contributed by atoms with van der Waals surface area (Å²) in [7, 11) is 0. The predicted octanol–water partition coefficient (Wildman–Crippen LogP) is 6.12. The number of hydrogen-bond donors (Lipinski definition) is 1. The molecule has 3 heteroatoms. The van der Waals surface area contributed by atoms with Gasteiger partial charge >= 0.3 is 167 Å². The average molecular weight is 401 g/mol. The summed E-state index contributed by atoms with van der Waals surface area (Å²) in [6.45, 7) is 10.1. The van der Waals surface area contributed by atoms with Crippen LogP contribution >= 0.6 is 0 Å². The van der Waals surface area contributed by atoms with E-state index in [4.69, 9.17) is 0 Å². The van der Waals surface area contributed by atoms with E-state index in [2.05, 4.69) is 49.3 Å². The van der Waals surface area contributed by atoms with E-state index in [9.17, 15) is 0 Å². The van der Waals surface area contributed by atoms with Crippen LogP contribution in [0.3, 0.4) is 0 Å². The average Bonchev–Trinajstić information content (AvgIpc) is 3.20. The first kappa shape index (κ1) is 19.2. The van der Waals surface area contributed by atoms with Crippen LogP contribution in [-0.2, 0) is 29.7 Å². The first-order chi connectivity index (χ1) is 12.5. The molecule has 0 amide bonds. The number of nitrogens with one attached hydrogen (secondary N) is 1. The zero-order valence-electron chi connectivity index (χ0n) is 17.1. The van der Waals surface area contributed by atoms with E-state index in [1.807, 2.05) is 0 Å². The van der Waals surface area contributed by atoms with Crippen LogP contribution in [0.4, 0.5) is 0 Å². The number of fused-ring (bicyclic) bond motifs is 2.